The van der Waals surface area contributed by atoms with Crippen molar-refractivity contribution in [2.24, 2.45) is 0 Å². The molecule has 0 aliphatic heterocycles. The zero-order chi connectivity index (χ0) is 22.8. The van der Waals surface area contributed by atoms with E-state index in [4.69, 9.17) is 23.2 Å². The second kappa shape index (κ2) is 9.07. The van der Waals surface area contributed by atoms with Gasteiger partial charge in [-0.05, 0) is 29.7 Å². The highest BCUT2D eigenvalue weighted by Crippen LogP contribution is 2.38. The number of nitrogens with one attached hydrogen (secondary N) is 1. The Morgan fingerprint density at radius 2 is 1.69 bits per heavy atom. The molecular formula is C25H20Cl2N2O3. The van der Waals surface area contributed by atoms with Crippen LogP contribution < -0.4 is 4.90 Å². The Labute approximate surface area is 195 Å². The first-order valence-corrected chi connectivity index (χ1v) is 10.7. The van der Waals surface area contributed by atoms with E-state index in [1.54, 1.807) is 30.1 Å². The molecule has 0 bridgehead atoms. The smallest absolute Gasteiger partial charge is 0.354 e. The van der Waals surface area contributed by atoms with Crippen LogP contribution in [0.2, 0.25) is 10.0 Å². The molecule has 4 rings (SSSR count). The van der Waals surface area contributed by atoms with Gasteiger partial charge in [0.25, 0.3) is 0 Å². The van der Waals surface area contributed by atoms with E-state index < -0.39 is 5.97 Å². The summed E-state index contributed by atoms with van der Waals surface area (Å²) in [6.45, 7) is -0.0159. The molecule has 3 aromatic carbocycles. The summed E-state index contributed by atoms with van der Waals surface area (Å²) < 4.78 is 0. The minimum atomic E-state index is -1.15. The first-order valence-electron chi connectivity index (χ1n) is 9.95. The van der Waals surface area contributed by atoms with Gasteiger partial charge >= 0.3 is 5.97 Å². The molecule has 0 aliphatic rings. The van der Waals surface area contributed by atoms with Crippen LogP contribution in [0.15, 0.2) is 66.7 Å². The van der Waals surface area contributed by atoms with Crippen molar-refractivity contribution in [2.45, 2.75) is 6.42 Å². The van der Waals surface area contributed by atoms with Crippen molar-refractivity contribution in [1.29, 1.82) is 0 Å². The number of hydrogen-bond donors (Lipinski definition) is 2. The molecule has 0 spiro atoms. The fourth-order valence-corrected chi connectivity index (χ4v) is 4.49. The van der Waals surface area contributed by atoms with E-state index in [0.29, 0.717) is 38.6 Å². The Hall–Kier alpha value is -3.28. The molecule has 0 aliphatic carbocycles. The fraction of sp³-hybridized carbons (Fsp3) is 0.120. The molecule has 1 aromatic heterocycles. The maximum absolute atomic E-state index is 13.3. The molecule has 0 atom stereocenters. The number of likely N-dealkylation sites (N-methyl/N-ethyl adjacent to an activating group) is 1. The van der Waals surface area contributed by atoms with Crippen molar-refractivity contribution < 1.29 is 14.7 Å². The third-order valence-corrected chi connectivity index (χ3v) is 5.84. The van der Waals surface area contributed by atoms with E-state index >= 15 is 0 Å². The quantitative estimate of drug-likeness (QED) is 0.323. The second-order valence-corrected chi connectivity index (χ2v) is 8.41. The molecule has 0 fully saturated rings. The monoisotopic (exact) mass is 466 g/mol. The molecule has 1 heterocycles. The van der Waals surface area contributed by atoms with Gasteiger partial charge in [0.2, 0.25) is 0 Å². The Kier molecular flexibility index (Phi) is 6.21. The highest BCUT2D eigenvalue weighted by molar-refractivity contribution is 6.40. The molecule has 5 nitrogen and oxygen atoms in total. The number of fused-ring (bicyclic) bond motifs is 1. The average molecular weight is 467 g/mol. The largest absolute Gasteiger partial charge is 0.477 e. The zero-order valence-corrected chi connectivity index (χ0v) is 18.7. The van der Waals surface area contributed by atoms with Gasteiger partial charge in [0.1, 0.15) is 5.69 Å². The van der Waals surface area contributed by atoms with Gasteiger partial charge < -0.3 is 15.0 Å². The minimum absolute atomic E-state index is 0.0159. The second-order valence-electron chi connectivity index (χ2n) is 7.56. The molecule has 0 amide bonds. The van der Waals surface area contributed by atoms with Crippen LogP contribution in [0.3, 0.4) is 0 Å². The van der Waals surface area contributed by atoms with Crippen LogP contribution >= 0.6 is 23.2 Å². The van der Waals surface area contributed by atoms with E-state index in [1.165, 1.54) is 0 Å². The number of ketones is 1. The van der Waals surface area contributed by atoms with Crippen molar-refractivity contribution in [1.82, 2.24) is 4.98 Å². The lowest BCUT2D eigenvalue weighted by atomic mass is 9.97. The number of Topliss-reactive ketones (excluding diaryl/α,β-unsaturated/α-hetero) is 1. The third-order valence-electron chi connectivity index (χ3n) is 5.32. The minimum Gasteiger partial charge on any atom is -0.477 e. The summed E-state index contributed by atoms with van der Waals surface area (Å²) in [5.74, 6) is -1.26. The highest BCUT2D eigenvalue weighted by atomic mass is 35.5. The maximum Gasteiger partial charge on any atom is 0.354 e. The molecule has 32 heavy (non-hydrogen) atoms. The van der Waals surface area contributed by atoms with Crippen molar-refractivity contribution in [2.75, 3.05) is 18.5 Å². The molecular weight excluding hydrogens is 447 g/mol. The van der Waals surface area contributed by atoms with Crippen LogP contribution in [-0.4, -0.2) is 35.4 Å². The Morgan fingerprint density at radius 1 is 1.00 bits per heavy atom. The molecule has 162 valence electrons. The van der Waals surface area contributed by atoms with Gasteiger partial charge in [-0.1, -0.05) is 77.8 Å². The van der Waals surface area contributed by atoms with Crippen LogP contribution in [0, 0.1) is 0 Å². The number of rotatable bonds is 7. The van der Waals surface area contributed by atoms with Gasteiger partial charge in [0.15, 0.2) is 5.78 Å². The lowest BCUT2D eigenvalue weighted by Crippen LogP contribution is -2.27. The summed E-state index contributed by atoms with van der Waals surface area (Å²) in [6.07, 6.45) is 0.629. The normalized spacial score (nSPS) is 11.0. The summed E-state index contributed by atoms with van der Waals surface area (Å²) >= 11 is 12.5. The van der Waals surface area contributed by atoms with Crippen LogP contribution in [-0.2, 0) is 6.42 Å². The van der Waals surface area contributed by atoms with Gasteiger partial charge in [-0.15, -0.1) is 0 Å². The van der Waals surface area contributed by atoms with E-state index in [1.807, 2.05) is 48.5 Å². The predicted octanol–water partition coefficient (Wildman–Crippen LogP) is 6.08. The van der Waals surface area contributed by atoms with Crippen molar-refractivity contribution in [3.63, 3.8) is 0 Å². The molecule has 4 aromatic rings. The number of anilines is 1. The molecule has 0 unspecified atom stereocenters. The van der Waals surface area contributed by atoms with Crippen molar-refractivity contribution >= 4 is 51.5 Å². The molecule has 2 N–H and O–H groups in total. The number of carbonyl (C=O) groups is 2. The maximum atomic E-state index is 13.3. The van der Waals surface area contributed by atoms with E-state index in [2.05, 4.69) is 4.98 Å². The number of hydrogen-bond acceptors (Lipinski definition) is 3. The van der Waals surface area contributed by atoms with E-state index in [0.717, 1.165) is 11.1 Å². The van der Waals surface area contributed by atoms with Crippen LogP contribution in [0.25, 0.3) is 10.9 Å². The number of H-pyrrole nitrogens is 1. The van der Waals surface area contributed by atoms with E-state index in [9.17, 15) is 14.7 Å². The van der Waals surface area contributed by atoms with Crippen LogP contribution in [0.5, 0.6) is 0 Å². The summed E-state index contributed by atoms with van der Waals surface area (Å²) in [7, 11) is 1.68. The SMILES string of the molecule is CN(CC(=O)c1ccccc1Cc1ccccc1)c1c(C(=O)O)[nH]c2cc(Cl)cc(Cl)c12. The third kappa shape index (κ3) is 4.35. The number of aromatic amines is 1. The lowest BCUT2D eigenvalue weighted by Gasteiger charge is -2.20. The summed E-state index contributed by atoms with van der Waals surface area (Å²) in [4.78, 5) is 29.6. The zero-order valence-electron chi connectivity index (χ0n) is 17.2. The summed E-state index contributed by atoms with van der Waals surface area (Å²) in [5.41, 5.74) is 3.43. The number of benzene rings is 3. The molecule has 0 radical (unpaired) electrons. The van der Waals surface area contributed by atoms with Crippen molar-refractivity contribution in [3.8, 4) is 0 Å². The fourth-order valence-electron chi connectivity index (χ4n) is 3.91. The van der Waals surface area contributed by atoms with Gasteiger partial charge in [0, 0.05) is 23.0 Å². The first-order chi connectivity index (χ1) is 15.3. The number of aromatic carboxylic acids is 1. The van der Waals surface area contributed by atoms with Crippen LogP contribution in [0.4, 0.5) is 5.69 Å². The standard InChI is InChI=1S/C25H20Cl2N2O3/c1-29(24-22-19(27)12-17(26)13-20(22)28-23(24)25(31)32)14-21(30)18-10-6-5-9-16(18)11-15-7-3-2-4-8-15/h2-10,12-13,28H,11,14H2,1H3,(H,31,32). The molecule has 7 heteroatoms. The van der Waals surface area contributed by atoms with Crippen LogP contribution in [0.1, 0.15) is 32.0 Å². The van der Waals surface area contributed by atoms with Gasteiger partial charge in [-0.25, -0.2) is 4.79 Å². The number of carboxylic acid groups (broad SMARTS) is 1. The van der Waals surface area contributed by atoms with Crippen molar-refractivity contribution in [3.05, 3.63) is 99.2 Å². The number of nitrogens with zero attached hydrogens (tertiary/aromatic N) is 1. The van der Waals surface area contributed by atoms with Gasteiger partial charge in [-0.3, -0.25) is 4.79 Å². The topological polar surface area (TPSA) is 73.4 Å². The average Bonchev–Trinajstić information content (AvgIpc) is 3.15. The number of halogens is 2. The molecule has 0 saturated carbocycles. The summed E-state index contributed by atoms with van der Waals surface area (Å²) in [5, 5.41) is 10.9. The first kappa shape index (κ1) is 21.9. The number of carboxylic acids is 1. The highest BCUT2D eigenvalue weighted by Gasteiger charge is 2.24. The Morgan fingerprint density at radius 3 is 2.41 bits per heavy atom. The van der Waals surface area contributed by atoms with Gasteiger partial charge in [0.05, 0.1) is 22.8 Å². The number of aromatic nitrogens is 1. The Balaban J connectivity index is 1.68. The van der Waals surface area contributed by atoms with Gasteiger partial charge in [-0.2, -0.15) is 0 Å². The Bertz CT molecular complexity index is 1320. The summed E-state index contributed by atoms with van der Waals surface area (Å²) in [6, 6.07) is 20.6. The molecule has 0 saturated heterocycles. The predicted molar refractivity (Wildman–Crippen MR) is 129 cm³/mol. The lowest BCUT2D eigenvalue weighted by molar-refractivity contribution is 0.0691. The van der Waals surface area contributed by atoms with E-state index in [-0.39, 0.29) is 18.0 Å². The number of carbonyl (C=O) groups excluding carboxylic acids is 1.